The molecule has 0 aliphatic carbocycles. The molecule has 132 valence electrons. The van der Waals surface area contributed by atoms with Crippen molar-refractivity contribution >= 4 is 11.9 Å². The molecule has 2 rings (SSSR count). The van der Waals surface area contributed by atoms with Crippen LogP contribution in [0.3, 0.4) is 0 Å². The Hall–Kier alpha value is -2.12. The van der Waals surface area contributed by atoms with E-state index in [0.29, 0.717) is 17.7 Å². The molecular formula is C17H23NO6. The first-order valence-electron chi connectivity index (χ1n) is 8.07. The zero-order valence-electron chi connectivity index (χ0n) is 13.7. The number of unbranched alkanes of at least 4 members (excludes halogenated alkanes) is 3. The minimum atomic E-state index is -0.376. The third-order valence-electron chi connectivity index (χ3n) is 3.83. The number of benzene rings is 1. The second-order valence-corrected chi connectivity index (χ2v) is 5.66. The summed E-state index contributed by atoms with van der Waals surface area (Å²) in [5, 5.41) is 8.37. The predicted octanol–water partition coefficient (Wildman–Crippen LogP) is 2.42. The number of hydroxylamine groups is 1. The summed E-state index contributed by atoms with van der Waals surface area (Å²) in [7, 11) is 1.34. The van der Waals surface area contributed by atoms with E-state index in [9.17, 15) is 9.59 Å². The largest absolute Gasteiger partial charge is 0.465 e. The fraction of sp³-hybridized carbons (Fsp3) is 0.529. The van der Waals surface area contributed by atoms with Crippen molar-refractivity contribution in [1.29, 1.82) is 0 Å². The highest BCUT2D eigenvalue weighted by atomic mass is 16.8. The fourth-order valence-corrected chi connectivity index (χ4v) is 2.40. The Morgan fingerprint density at radius 2 is 1.88 bits per heavy atom. The van der Waals surface area contributed by atoms with Gasteiger partial charge in [-0.2, -0.15) is 0 Å². The molecule has 1 amide bonds. The summed E-state index contributed by atoms with van der Waals surface area (Å²) in [6.45, 7) is 0. The Labute approximate surface area is 140 Å². The molecule has 0 spiro atoms. The Bertz CT molecular complexity index is 545. The minimum absolute atomic E-state index is 0.103. The van der Waals surface area contributed by atoms with Crippen LogP contribution >= 0.6 is 0 Å². The first kappa shape index (κ1) is 18.2. The summed E-state index contributed by atoms with van der Waals surface area (Å²) in [5.41, 5.74) is 2.10. The minimum Gasteiger partial charge on any atom is -0.465 e. The number of epoxide rings is 1. The monoisotopic (exact) mass is 337 g/mol. The van der Waals surface area contributed by atoms with Gasteiger partial charge in [-0.1, -0.05) is 19.3 Å². The molecule has 0 aromatic heterocycles. The van der Waals surface area contributed by atoms with Crippen LogP contribution in [0.1, 0.15) is 48.9 Å². The molecule has 2 N–H and O–H groups in total. The summed E-state index contributed by atoms with van der Waals surface area (Å²) in [6.07, 6.45) is 4.87. The average Bonchev–Trinajstić information content (AvgIpc) is 3.35. The molecular weight excluding hydrogens is 314 g/mol. The number of carbonyl (C=O) groups excluding carboxylic acids is 2. The molecule has 0 bridgehead atoms. The molecule has 0 saturated carbocycles. The van der Waals surface area contributed by atoms with Crippen LogP contribution in [0.25, 0.3) is 0 Å². The summed E-state index contributed by atoms with van der Waals surface area (Å²) in [4.78, 5) is 22.2. The first-order valence-corrected chi connectivity index (χ1v) is 8.07. The van der Waals surface area contributed by atoms with Crippen LogP contribution in [0.2, 0.25) is 0 Å². The van der Waals surface area contributed by atoms with Gasteiger partial charge in [0, 0.05) is 6.42 Å². The molecule has 1 heterocycles. The maximum absolute atomic E-state index is 11.3. The Morgan fingerprint density at radius 3 is 2.54 bits per heavy atom. The van der Waals surface area contributed by atoms with E-state index in [-0.39, 0.29) is 24.3 Å². The number of hydrogen-bond donors (Lipinski definition) is 2. The standard InChI is InChI=1S/C17H23NO6/c1-22-16(20)12-8-10-13(11-9-12)23-17-14(24-17)6-4-2-3-5-7-15(19)18-21/h8-11,14,17,21H,2-7H2,1H3,(H,18,19). The number of nitrogens with one attached hydrogen (secondary N) is 1. The van der Waals surface area contributed by atoms with Crippen molar-refractivity contribution in [1.82, 2.24) is 5.48 Å². The molecule has 24 heavy (non-hydrogen) atoms. The van der Waals surface area contributed by atoms with Gasteiger partial charge in [0.25, 0.3) is 0 Å². The smallest absolute Gasteiger partial charge is 0.337 e. The topological polar surface area (TPSA) is 97.4 Å². The summed E-state index contributed by atoms with van der Waals surface area (Å²) in [6, 6.07) is 6.75. The van der Waals surface area contributed by atoms with Crippen molar-refractivity contribution in [2.24, 2.45) is 0 Å². The quantitative estimate of drug-likeness (QED) is 0.224. The molecule has 7 heteroatoms. The van der Waals surface area contributed by atoms with Gasteiger partial charge in [-0.05, 0) is 37.1 Å². The Balaban J connectivity index is 1.57. The van der Waals surface area contributed by atoms with Gasteiger partial charge in [0.1, 0.15) is 11.9 Å². The number of rotatable bonds is 10. The van der Waals surface area contributed by atoms with E-state index >= 15 is 0 Å². The highest BCUT2D eigenvalue weighted by molar-refractivity contribution is 5.89. The van der Waals surface area contributed by atoms with Crippen molar-refractivity contribution in [3.63, 3.8) is 0 Å². The molecule has 1 aliphatic rings. The SMILES string of the molecule is COC(=O)c1ccc(OC2OC2CCCCCCC(=O)NO)cc1. The van der Waals surface area contributed by atoms with Crippen LogP contribution in [0.15, 0.2) is 24.3 Å². The molecule has 1 fully saturated rings. The third kappa shape index (κ3) is 5.82. The van der Waals surface area contributed by atoms with E-state index in [1.165, 1.54) is 7.11 Å². The number of ether oxygens (including phenoxy) is 3. The maximum Gasteiger partial charge on any atom is 0.337 e. The van der Waals surface area contributed by atoms with E-state index in [1.807, 2.05) is 0 Å². The van der Waals surface area contributed by atoms with Crippen LogP contribution in [-0.4, -0.2) is 36.6 Å². The summed E-state index contributed by atoms with van der Waals surface area (Å²) in [5.74, 6) is -0.0593. The van der Waals surface area contributed by atoms with E-state index < -0.39 is 0 Å². The zero-order chi connectivity index (χ0) is 17.4. The summed E-state index contributed by atoms with van der Waals surface area (Å²) < 4.78 is 15.8. The van der Waals surface area contributed by atoms with Crippen molar-refractivity contribution in [2.75, 3.05) is 7.11 Å². The lowest BCUT2D eigenvalue weighted by Gasteiger charge is -2.04. The lowest BCUT2D eigenvalue weighted by atomic mass is 10.1. The first-order chi connectivity index (χ1) is 11.6. The summed E-state index contributed by atoms with van der Waals surface area (Å²) >= 11 is 0. The molecule has 2 unspecified atom stereocenters. The Kier molecular flexibility index (Phi) is 7.02. The van der Waals surface area contributed by atoms with Crippen molar-refractivity contribution in [3.8, 4) is 5.75 Å². The average molecular weight is 337 g/mol. The molecule has 1 aromatic carbocycles. The van der Waals surface area contributed by atoms with Crippen molar-refractivity contribution < 1.29 is 29.0 Å². The van der Waals surface area contributed by atoms with Gasteiger partial charge in [-0.3, -0.25) is 10.0 Å². The number of carbonyl (C=O) groups is 2. The van der Waals surface area contributed by atoms with Crippen LogP contribution in [0.5, 0.6) is 5.75 Å². The van der Waals surface area contributed by atoms with Gasteiger partial charge in [0.15, 0.2) is 0 Å². The van der Waals surface area contributed by atoms with Gasteiger partial charge in [0.05, 0.1) is 12.7 Å². The van der Waals surface area contributed by atoms with Crippen LogP contribution in [0.4, 0.5) is 0 Å². The van der Waals surface area contributed by atoms with Crippen LogP contribution in [0, 0.1) is 0 Å². The van der Waals surface area contributed by atoms with Crippen molar-refractivity contribution in [3.05, 3.63) is 29.8 Å². The second kappa shape index (κ2) is 9.24. The van der Waals surface area contributed by atoms with Gasteiger partial charge in [-0.15, -0.1) is 0 Å². The molecule has 7 nitrogen and oxygen atoms in total. The molecule has 2 atom stereocenters. The molecule has 1 aliphatic heterocycles. The van der Waals surface area contributed by atoms with E-state index in [2.05, 4.69) is 4.74 Å². The lowest BCUT2D eigenvalue weighted by Crippen LogP contribution is -2.17. The second-order valence-electron chi connectivity index (χ2n) is 5.66. The van der Waals surface area contributed by atoms with Gasteiger partial charge in [-0.25, -0.2) is 10.3 Å². The molecule has 1 aromatic rings. The zero-order valence-corrected chi connectivity index (χ0v) is 13.7. The van der Waals surface area contributed by atoms with Gasteiger partial charge >= 0.3 is 5.97 Å². The van der Waals surface area contributed by atoms with Gasteiger partial charge < -0.3 is 14.2 Å². The van der Waals surface area contributed by atoms with Crippen molar-refractivity contribution in [2.45, 2.75) is 50.9 Å². The molecule has 1 saturated heterocycles. The fourth-order valence-electron chi connectivity index (χ4n) is 2.40. The van der Waals surface area contributed by atoms with Gasteiger partial charge in [0.2, 0.25) is 12.2 Å². The highest BCUT2D eigenvalue weighted by Crippen LogP contribution is 2.30. The number of hydrogen-bond acceptors (Lipinski definition) is 6. The van der Waals surface area contributed by atoms with E-state index in [1.54, 1.807) is 29.7 Å². The Morgan fingerprint density at radius 1 is 1.17 bits per heavy atom. The number of esters is 1. The normalized spacial score (nSPS) is 18.8. The highest BCUT2D eigenvalue weighted by Gasteiger charge is 2.40. The predicted molar refractivity (Wildman–Crippen MR) is 84.7 cm³/mol. The third-order valence-corrected chi connectivity index (χ3v) is 3.83. The van der Waals surface area contributed by atoms with E-state index in [0.717, 1.165) is 32.1 Å². The maximum atomic E-state index is 11.3. The number of methoxy groups -OCH3 is 1. The molecule has 0 radical (unpaired) electrons. The van der Waals surface area contributed by atoms with Crippen LogP contribution < -0.4 is 10.2 Å². The van der Waals surface area contributed by atoms with E-state index in [4.69, 9.17) is 14.7 Å². The lowest BCUT2D eigenvalue weighted by molar-refractivity contribution is -0.129. The van der Waals surface area contributed by atoms with Crippen LogP contribution in [-0.2, 0) is 14.3 Å². The number of amides is 1.